The molecule has 0 amide bonds. The van der Waals surface area contributed by atoms with Gasteiger partial charge in [0.1, 0.15) is 11.9 Å². The molecule has 2 unspecified atom stereocenters. The second-order valence-electron chi connectivity index (χ2n) is 6.34. The second kappa shape index (κ2) is 7.98. The lowest BCUT2D eigenvalue weighted by molar-refractivity contribution is 0.109. The molecule has 0 aromatic heterocycles. The summed E-state index contributed by atoms with van der Waals surface area (Å²) in [6.07, 6.45) is 5.05. The Kier molecular flexibility index (Phi) is 5.74. The van der Waals surface area contributed by atoms with E-state index in [0.29, 0.717) is 6.04 Å². The standard InChI is InChI=1S/C20H24BrNO/c1-22-14-6-5-9-18(22)15-20(16-7-3-2-4-8-16)23-19-12-10-17(21)11-13-19/h2-4,7-8,10-13,18,20H,5-6,9,14-15H2,1H3. The van der Waals surface area contributed by atoms with Gasteiger partial charge in [0.05, 0.1) is 0 Å². The van der Waals surface area contributed by atoms with Crippen molar-refractivity contribution in [3.05, 3.63) is 64.6 Å². The zero-order valence-corrected chi connectivity index (χ0v) is 15.2. The van der Waals surface area contributed by atoms with Crippen LogP contribution in [0.15, 0.2) is 59.1 Å². The molecular weight excluding hydrogens is 350 g/mol. The molecule has 1 aliphatic heterocycles. The molecule has 0 radical (unpaired) electrons. The maximum atomic E-state index is 6.36. The smallest absolute Gasteiger partial charge is 0.125 e. The average Bonchev–Trinajstić information content (AvgIpc) is 2.59. The number of rotatable bonds is 5. The van der Waals surface area contributed by atoms with E-state index in [1.807, 2.05) is 24.3 Å². The van der Waals surface area contributed by atoms with Crippen LogP contribution in [0.3, 0.4) is 0 Å². The molecule has 122 valence electrons. The van der Waals surface area contributed by atoms with Crippen molar-refractivity contribution < 1.29 is 4.74 Å². The molecule has 3 heteroatoms. The van der Waals surface area contributed by atoms with Crippen LogP contribution in [-0.4, -0.2) is 24.5 Å². The maximum Gasteiger partial charge on any atom is 0.125 e. The minimum absolute atomic E-state index is 0.0999. The summed E-state index contributed by atoms with van der Waals surface area (Å²) in [6.45, 7) is 1.20. The van der Waals surface area contributed by atoms with Crippen LogP contribution in [0.2, 0.25) is 0 Å². The molecule has 23 heavy (non-hydrogen) atoms. The molecule has 1 saturated heterocycles. The van der Waals surface area contributed by atoms with E-state index in [4.69, 9.17) is 4.74 Å². The molecule has 0 aliphatic carbocycles. The molecule has 0 saturated carbocycles. The van der Waals surface area contributed by atoms with E-state index in [-0.39, 0.29) is 6.10 Å². The number of hydrogen-bond acceptors (Lipinski definition) is 2. The Bertz CT molecular complexity index is 599. The van der Waals surface area contributed by atoms with E-state index in [0.717, 1.165) is 16.6 Å². The number of ether oxygens (including phenoxy) is 1. The number of hydrogen-bond donors (Lipinski definition) is 0. The lowest BCUT2D eigenvalue weighted by Gasteiger charge is -2.35. The quantitative estimate of drug-likeness (QED) is 0.691. The Hall–Kier alpha value is -1.32. The highest BCUT2D eigenvalue weighted by Gasteiger charge is 2.25. The Labute approximate surface area is 147 Å². The lowest BCUT2D eigenvalue weighted by Crippen LogP contribution is -2.37. The van der Waals surface area contributed by atoms with Crippen molar-refractivity contribution in [1.29, 1.82) is 0 Å². The third kappa shape index (κ3) is 4.58. The van der Waals surface area contributed by atoms with Gasteiger partial charge in [0.2, 0.25) is 0 Å². The fourth-order valence-corrected chi connectivity index (χ4v) is 3.55. The molecule has 2 atom stereocenters. The Morgan fingerprint density at radius 1 is 1.09 bits per heavy atom. The number of likely N-dealkylation sites (tertiary alicyclic amines) is 1. The van der Waals surface area contributed by atoms with Crippen molar-refractivity contribution in [2.75, 3.05) is 13.6 Å². The monoisotopic (exact) mass is 373 g/mol. The number of halogens is 1. The van der Waals surface area contributed by atoms with E-state index in [9.17, 15) is 0 Å². The van der Waals surface area contributed by atoms with Gasteiger partial charge < -0.3 is 9.64 Å². The molecule has 0 bridgehead atoms. The van der Waals surface area contributed by atoms with Crippen molar-refractivity contribution in [2.24, 2.45) is 0 Å². The van der Waals surface area contributed by atoms with Crippen LogP contribution < -0.4 is 4.74 Å². The summed E-state index contributed by atoms with van der Waals surface area (Å²) in [6, 6.07) is 19.3. The first-order valence-corrected chi connectivity index (χ1v) is 9.19. The normalized spacial score (nSPS) is 20.2. The highest BCUT2D eigenvalue weighted by atomic mass is 79.9. The molecule has 2 nitrogen and oxygen atoms in total. The molecule has 1 heterocycles. The molecule has 2 aromatic carbocycles. The van der Waals surface area contributed by atoms with Crippen LogP contribution in [0, 0.1) is 0 Å². The molecular formula is C20H24BrNO. The summed E-state index contributed by atoms with van der Waals surface area (Å²) in [7, 11) is 2.24. The van der Waals surface area contributed by atoms with Crippen molar-refractivity contribution in [3.8, 4) is 5.75 Å². The van der Waals surface area contributed by atoms with Crippen LogP contribution in [0.1, 0.15) is 37.4 Å². The Balaban J connectivity index is 1.77. The topological polar surface area (TPSA) is 12.5 Å². The summed E-state index contributed by atoms with van der Waals surface area (Å²) >= 11 is 3.48. The highest BCUT2D eigenvalue weighted by Crippen LogP contribution is 2.30. The van der Waals surface area contributed by atoms with E-state index >= 15 is 0 Å². The minimum Gasteiger partial charge on any atom is -0.486 e. The van der Waals surface area contributed by atoms with Gasteiger partial charge in [-0.25, -0.2) is 0 Å². The number of piperidine rings is 1. The van der Waals surface area contributed by atoms with E-state index in [1.165, 1.54) is 31.4 Å². The number of nitrogens with zero attached hydrogens (tertiary/aromatic N) is 1. The first-order chi connectivity index (χ1) is 11.2. The lowest BCUT2D eigenvalue weighted by atomic mass is 9.94. The van der Waals surface area contributed by atoms with Gasteiger partial charge in [-0.15, -0.1) is 0 Å². The summed E-state index contributed by atoms with van der Waals surface area (Å²) < 4.78 is 7.44. The SMILES string of the molecule is CN1CCCCC1CC(Oc1ccc(Br)cc1)c1ccccc1. The Morgan fingerprint density at radius 2 is 1.83 bits per heavy atom. The van der Waals surface area contributed by atoms with Gasteiger partial charge in [-0.05, 0) is 56.3 Å². The largest absolute Gasteiger partial charge is 0.486 e. The van der Waals surface area contributed by atoms with Crippen LogP contribution in [0.4, 0.5) is 0 Å². The average molecular weight is 374 g/mol. The number of benzene rings is 2. The Morgan fingerprint density at radius 3 is 2.52 bits per heavy atom. The van der Waals surface area contributed by atoms with Crippen LogP contribution >= 0.6 is 15.9 Å². The fourth-order valence-electron chi connectivity index (χ4n) is 3.29. The van der Waals surface area contributed by atoms with Gasteiger partial charge in [0, 0.05) is 16.9 Å². The van der Waals surface area contributed by atoms with Crippen LogP contribution in [0.25, 0.3) is 0 Å². The van der Waals surface area contributed by atoms with Gasteiger partial charge >= 0.3 is 0 Å². The van der Waals surface area contributed by atoms with E-state index in [1.54, 1.807) is 0 Å². The fraction of sp³-hybridized carbons (Fsp3) is 0.400. The first kappa shape index (κ1) is 16.5. The molecule has 0 N–H and O–H groups in total. The summed E-state index contributed by atoms with van der Waals surface area (Å²) in [4.78, 5) is 2.49. The van der Waals surface area contributed by atoms with Crippen molar-refractivity contribution in [3.63, 3.8) is 0 Å². The summed E-state index contributed by atoms with van der Waals surface area (Å²) in [5, 5.41) is 0. The first-order valence-electron chi connectivity index (χ1n) is 8.40. The third-order valence-corrected chi connectivity index (χ3v) is 5.20. The zero-order chi connectivity index (χ0) is 16.1. The molecule has 2 aromatic rings. The minimum atomic E-state index is 0.0999. The van der Waals surface area contributed by atoms with Gasteiger partial charge in [0.15, 0.2) is 0 Å². The predicted octanol–water partition coefficient (Wildman–Crippen LogP) is 5.44. The van der Waals surface area contributed by atoms with Crippen molar-refractivity contribution in [1.82, 2.24) is 4.90 Å². The molecule has 3 rings (SSSR count). The van der Waals surface area contributed by atoms with Gasteiger partial charge in [-0.1, -0.05) is 52.7 Å². The molecule has 1 aliphatic rings. The van der Waals surface area contributed by atoms with Crippen LogP contribution in [0.5, 0.6) is 5.75 Å². The zero-order valence-electron chi connectivity index (χ0n) is 13.6. The van der Waals surface area contributed by atoms with Gasteiger partial charge in [-0.2, -0.15) is 0 Å². The summed E-state index contributed by atoms with van der Waals surface area (Å²) in [5.74, 6) is 0.931. The maximum absolute atomic E-state index is 6.36. The van der Waals surface area contributed by atoms with Crippen LogP contribution in [-0.2, 0) is 0 Å². The molecule has 1 fully saturated rings. The van der Waals surface area contributed by atoms with Gasteiger partial charge in [-0.3, -0.25) is 0 Å². The van der Waals surface area contributed by atoms with Crippen molar-refractivity contribution in [2.45, 2.75) is 37.8 Å². The van der Waals surface area contributed by atoms with E-state index in [2.05, 4.69) is 58.2 Å². The molecule has 0 spiro atoms. The highest BCUT2D eigenvalue weighted by molar-refractivity contribution is 9.10. The van der Waals surface area contributed by atoms with E-state index < -0.39 is 0 Å². The second-order valence-corrected chi connectivity index (χ2v) is 7.25. The van der Waals surface area contributed by atoms with Crippen molar-refractivity contribution >= 4 is 15.9 Å². The van der Waals surface area contributed by atoms with Gasteiger partial charge in [0.25, 0.3) is 0 Å². The summed E-state index contributed by atoms with van der Waals surface area (Å²) in [5.41, 5.74) is 1.26. The predicted molar refractivity (Wildman–Crippen MR) is 98.8 cm³/mol. The third-order valence-electron chi connectivity index (χ3n) is 4.67.